The number of halogens is 3. The summed E-state index contributed by atoms with van der Waals surface area (Å²) in [6.45, 7) is 9.84. The topological polar surface area (TPSA) is 56.8 Å². The summed E-state index contributed by atoms with van der Waals surface area (Å²) in [6, 6.07) is 15.4. The Morgan fingerprint density at radius 3 is 2.37 bits per heavy atom. The molecule has 0 radical (unpaired) electrons. The van der Waals surface area contributed by atoms with E-state index in [1.807, 2.05) is 6.07 Å². The third-order valence-corrected chi connectivity index (χ3v) is 6.29. The second kappa shape index (κ2) is 11.3. The van der Waals surface area contributed by atoms with Crippen LogP contribution in [0.2, 0.25) is 0 Å². The summed E-state index contributed by atoms with van der Waals surface area (Å²) >= 11 is 0. The number of rotatable bonds is 8. The van der Waals surface area contributed by atoms with Crippen LogP contribution in [0.5, 0.6) is 5.75 Å². The Kier molecular flexibility index (Phi) is 8.66. The van der Waals surface area contributed by atoms with Crippen LogP contribution < -0.4 is 15.4 Å². The fourth-order valence-corrected chi connectivity index (χ4v) is 4.20. The third kappa shape index (κ3) is 8.74. The van der Waals surface area contributed by atoms with Crippen LogP contribution in [0.15, 0.2) is 54.6 Å². The first-order valence-electron chi connectivity index (χ1n) is 11.8. The highest BCUT2D eigenvalue weighted by Crippen LogP contribution is 2.25. The van der Waals surface area contributed by atoms with Crippen molar-refractivity contribution in [3.05, 3.63) is 60.2 Å². The van der Waals surface area contributed by atoms with E-state index in [1.54, 1.807) is 0 Å². The van der Waals surface area contributed by atoms with E-state index in [0.29, 0.717) is 18.3 Å². The number of carbonyl (C=O) groups is 1. The van der Waals surface area contributed by atoms with Crippen LogP contribution in [-0.4, -0.2) is 61.0 Å². The standard InChI is InChI=1S/C26H35F3N4O2/c1-25(2,3)23(31-24(34)30-20-10-12-22(13-11-20)35-26(27,28)29)18-32(4)21-14-15-33(17-21)16-19-8-6-5-7-9-19/h5-13,21,23H,14-18H2,1-4H3,(H2,30,31,34). The lowest BCUT2D eigenvalue weighted by Crippen LogP contribution is -2.53. The number of likely N-dealkylation sites (N-methyl/N-ethyl adjacent to an activating group) is 1. The first-order chi connectivity index (χ1) is 16.4. The highest BCUT2D eigenvalue weighted by atomic mass is 19.4. The molecule has 0 saturated carbocycles. The molecular weight excluding hydrogens is 457 g/mol. The number of amides is 2. The molecular formula is C26H35F3N4O2. The first-order valence-corrected chi connectivity index (χ1v) is 11.8. The maximum Gasteiger partial charge on any atom is 0.573 e. The van der Waals surface area contributed by atoms with Gasteiger partial charge in [0.2, 0.25) is 0 Å². The van der Waals surface area contributed by atoms with Crippen LogP contribution in [0, 0.1) is 5.41 Å². The zero-order valence-electron chi connectivity index (χ0n) is 20.7. The predicted molar refractivity (Wildman–Crippen MR) is 131 cm³/mol. The van der Waals surface area contributed by atoms with Gasteiger partial charge in [0.1, 0.15) is 5.75 Å². The van der Waals surface area contributed by atoms with E-state index in [9.17, 15) is 18.0 Å². The van der Waals surface area contributed by atoms with Crippen molar-refractivity contribution in [1.29, 1.82) is 0 Å². The third-order valence-electron chi connectivity index (χ3n) is 6.29. The monoisotopic (exact) mass is 492 g/mol. The number of nitrogens with one attached hydrogen (secondary N) is 2. The summed E-state index contributed by atoms with van der Waals surface area (Å²) in [4.78, 5) is 17.4. The molecule has 6 nitrogen and oxygen atoms in total. The van der Waals surface area contributed by atoms with Crippen LogP contribution in [0.4, 0.5) is 23.7 Å². The summed E-state index contributed by atoms with van der Waals surface area (Å²) in [5.41, 5.74) is 1.49. The summed E-state index contributed by atoms with van der Waals surface area (Å²) in [5, 5.41) is 5.75. The Morgan fingerprint density at radius 1 is 1.11 bits per heavy atom. The van der Waals surface area contributed by atoms with Crippen LogP contribution in [0.25, 0.3) is 0 Å². The summed E-state index contributed by atoms with van der Waals surface area (Å²) in [5.74, 6) is -0.337. The van der Waals surface area contributed by atoms with E-state index >= 15 is 0 Å². The molecule has 2 amide bonds. The minimum atomic E-state index is -4.75. The molecule has 35 heavy (non-hydrogen) atoms. The Morgan fingerprint density at radius 2 is 1.77 bits per heavy atom. The van der Waals surface area contributed by atoms with Gasteiger partial charge in [0.15, 0.2) is 0 Å². The van der Waals surface area contributed by atoms with Crippen molar-refractivity contribution in [3.63, 3.8) is 0 Å². The van der Waals surface area contributed by atoms with Gasteiger partial charge in [-0.3, -0.25) is 4.90 Å². The van der Waals surface area contributed by atoms with Gasteiger partial charge in [-0.2, -0.15) is 0 Å². The van der Waals surface area contributed by atoms with E-state index < -0.39 is 12.4 Å². The minimum absolute atomic E-state index is 0.136. The molecule has 1 fully saturated rings. The Bertz CT molecular complexity index is 946. The number of likely N-dealkylation sites (tertiary alicyclic amines) is 1. The van der Waals surface area contributed by atoms with Gasteiger partial charge in [-0.1, -0.05) is 51.1 Å². The molecule has 2 aromatic rings. The summed E-state index contributed by atoms with van der Waals surface area (Å²) in [7, 11) is 2.09. The Balaban J connectivity index is 1.53. The van der Waals surface area contributed by atoms with Gasteiger partial charge in [0.05, 0.1) is 0 Å². The molecule has 1 aliphatic rings. The molecule has 2 aromatic carbocycles. The number of anilines is 1. The number of urea groups is 1. The van der Waals surface area contributed by atoms with E-state index in [0.717, 1.165) is 26.1 Å². The quantitative estimate of drug-likeness (QED) is 0.523. The maximum absolute atomic E-state index is 12.7. The highest BCUT2D eigenvalue weighted by molar-refractivity contribution is 5.89. The molecule has 9 heteroatoms. The van der Waals surface area contributed by atoms with Crippen LogP contribution in [0.1, 0.15) is 32.8 Å². The SMILES string of the molecule is CN(CC(NC(=O)Nc1ccc(OC(F)(F)F)cc1)C(C)(C)C)C1CCN(Cc2ccccc2)C1. The highest BCUT2D eigenvalue weighted by Gasteiger charge is 2.32. The van der Waals surface area contributed by atoms with Crippen molar-refractivity contribution in [2.24, 2.45) is 5.41 Å². The molecule has 0 spiro atoms. The van der Waals surface area contributed by atoms with Crippen molar-refractivity contribution < 1.29 is 22.7 Å². The van der Waals surface area contributed by atoms with E-state index in [1.165, 1.54) is 29.8 Å². The number of benzene rings is 2. The van der Waals surface area contributed by atoms with Gasteiger partial charge in [-0.25, -0.2) is 4.79 Å². The summed E-state index contributed by atoms with van der Waals surface area (Å²) < 4.78 is 40.9. The number of nitrogens with zero attached hydrogens (tertiary/aromatic N) is 2. The van der Waals surface area contributed by atoms with E-state index in [-0.39, 0.29) is 17.2 Å². The molecule has 0 aliphatic carbocycles. The second-order valence-corrected chi connectivity index (χ2v) is 10.2. The second-order valence-electron chi connectivity index (χ2n) is 10.2. The first kappa shape index (κ1) is 26.8. The van der Waals surface area contributed by atoms with Crippen molar-refractivity contribution in [1.82, 2.24) is 15.1 Å². The predicted octanol–water partition coefficient (Wildman–Crippen LogP) is 5.33. The molecule has 0 aromatic heterocycles. The number of hydrogen-bond acceptors (Lipinski definition) is 4. The number of ether oxygens (including phenoxy) is 1. The number of hydrogen-bond donors (Lipinski definition) is 2. The average molecular weight is 493 g/mol. The van der Waals surface area contributed by atoms with Crippen molar-refractivity contribution >= 4 is 11.7 Å². The van der Waals surface area contributed by atoms with Crippen molar-refractivity contribution in [2.75, 3.05) is 32.0 Å². The molecule has 1 heterocycles. The van der Waals surface area contributed by atoms with Gasteiger partial charge in [-0.05, 0) is 48.7 Å². The molecule has 2 unspecified atom stereocenters. The van der Waals surface area contributed by atoms with Crippen LogP contribution >= 0.6 is 0 Å². The molecule has 1 aliphatic heterocycles. The largest absolute Gasteiger partial charge is 0.573 e. The fourth-order valence-electron chi connectivity index (χ4n) is 4.20. The number of alkyl halides is 3. The zero-order valence-corrected chi connectivity index (χ0v) is 20.7. The van der Waals surface area contributed by atoms with Gasteiger partial charge in [0.25, 0.3) is 0 Å². The van der Waals surface area contributed by atoms with E-state index in [2.05, 4.69) is 77.3 Å². The molecule has 2 atom stereocenters. The average Bonchev–Trinajstić information content (AvgIpc) is 3.22. The zero-order chi connectivity index (χ0) is 25.6. The van der Waals surface area contributed by atoms with Crippen LogP contribution in [-0.2, 0) is 6.54 Å². The number of carbonyl (C=O) groups excluding carboxylic acids is 1. The summed E-state index contributed by atoms with van der Waals surface area (Å²) in [6.07, 6.45) is -3.69. The van der Waals surface area contributed by atoms with Crippen molar-refractivity contribution in [3.8, 4) is 5.75 Å². The molecule has 192 valence electrons. The smallest absolute Gasteiger partial charge is 0.406 e. The lowest BCUT2D eigenvalue weighted by molar-refractivity contribution is -0.274. The molecule has 3 rings (SSSR count). The minimum Gasteiger partial charge on any atom is -0.406 e. The molecule has 2 N–H and O–H groups in total. The van der Waals surface area contributed by atoms with Gasteiger partial charge < -0.3 is 20.3 Å². The van der Waals surface area contributed by atoms with Gasteiger partial charge >= 0.3 is 12.4 Å². The maximum atomic E-state index is 12.7. The van der Waals surface area contributed by atoms with E-state index in [4.69, 9.17) is 0 Å². The molecule has 0 bridgehead atoms. The van der Waals surface area contributed by atoms with Gasteiger partial charge in [-0.15, -0.1) is 13.2 Å². The lowest BCUT2D eigenvalue weighted by atomic mass is 9.86. The Hall–Kier alpha value is -2.78. The Labute approximate surface area is 205 Å². The van der Waals surface area contributed by atoms with Crippen LogP contribution in [0.3, 0.4) is 0 Å². The lowest BCUT2D eigenvalue weighted by Gasteiger charge is -2.36. The van der Waals surface area contributed by atoms with Gasteiger partial charge in [0, 0.05) is 44.0 Å². The molecule has 1 saturated heterocycles. The normalized spacial score (nSPS) is 17.9. The fraction of sp³-hybridized carbons (Fsp3) is 0.500. The van der Waals surface area contributed by atoms with Crippen molar-refractivity contribution in [2.45, 2.75) is 52.2 Å².